The van der Waals surface area contributed by atoms with Crippen molar-refractivity contribution in [3.63, 3.8) is 0 Å². The lowest BCUT2D eigenvalue weighted by molar-refractivity contribution is -0.384. The molecule has 0 spiro atoms. The van der Waals surface area contributed by atoms with Gasteiger partial charge >= 0.3 is 0 Å². The first-order valence-corrected chi connectivity index (χ1v) is 5.88. The number of hydrogen-bond donors (Lipinski definition) is 1. The molecular formula is C11H11N3O2S. The molecule has 17 heavy (non-hydrogen) atoms. The highest BCUT2D eigenvalue weighted by molar-refractivity contribution is 7.13. The summed E-state index contributed by atoms with van der Waals surface area (Å²) in [4.78, 5) is 15.7. The summed E-state index contributed by atoms with van der Waals surface area (Å²) in [6.07, 6.45) is 0. The molecule has 1 N–H and O–H groups in total. The van der Waals surface area contributed by atoms with Crippen LogP contribution in [0.15, 0.2) is 23.6 Å². The van der Waals surface area contributed by atoms with Gasteiger partial charge in [-0.15, -0.1) is 11.3 Å². The maximum absolute atomic E-state index is 10.8. The van der Waals surface area contributed by atoms with Crippen molar-refractivity contribution in [2.24, 2.45) is 0 Å². The van der Waals surface area contributed by atoms with Crippen LogP contribution in [0.5, 0.6) is 0 Å². The predicted octanol–water partition coefficient (Wildman–Crippen LogP) is 3.07. The zero-order valence-corrected chi connectivity index (χ0v) is 10.2. The molecule has 0 radical (unpaired) electrons. The lowest BCUT2D eigenvalue weighted by Gasteiger charge is -2.04. The monoisotopic (exact) mass is 249 g/mol. The van der Waals surface area contributed by atoms with Crippen molar-refractivity contribution in [1.82, 2.24) is 4.98 Å². The van der Waals surface area contributed by atoms with Crippen molar-refractivity contribution >= 4 is 22.8 Å². The van der Waals surface area contributed by atoms with Crippen LogP contribution in [0.1, 0.15) is 5.56 Å². The van der Waals surface area contributed by atoms with E-state index in [4.69, 9.17) is 0 Å². The van der Waals surface area contributed by atoms with Gasteiger partial charge in [-0.2, -0.15) is 0 Å². The predicted molar refractivity (Wildman–Crippen MR) is 68.5 cm³/mol. The second kappa shape index (κ2) is 4.50. The maximum atomic E-state index is 10.8. The first-order valence-electron chi connectivity index (χ1n) is 5.00. The van der Waals surface area contributed by atoms with E-state index < -0.39 is 4.92 Å². The number of pyridine rings is 1. The molecule has 5 nitrogen and oxygen atoms in total. The van der Waals surface area contributed by atoms with Crippen molar-refractivity contribution in [3.8, 4) is 10.6 Å². The van der Waals surface area contributed by atoms with Crippen molar-refractivity contribution < 1.29 is 4.92 Å². The summed E-state index contributed by atoms with van der Waals surface area (Å²) < 4.78 is 0. The molecule has 0 aliphatic heterocycles. The second-order valence-corrected chi connectivity index (χ2v) is 4.45. The Morgan fingerprint density at radius 3 is 2.76 bits per heavy atom. The molecule has 0 saturated carbocycles. The normalized spacial score (nSPS) is 10.2. The van der Waals surface area contributed by atoms with Crippen molar-refractivity contribution in [2.45, 2.75) is 6.92 Å². The van der Waals surface area contributed by atoms with E-state index in [1.165, 1.54) is 23.5 Å². The van der Waals surface area contributed by atoms with Crippen LogP contribution in [0.2, 0.25) is 0 Å². The standard InChI is InChI=1S/C11H11N3O2S/c1-7-3-4-17-11(7)9-5-8(14(15)16)6-10(12-2)13-9/h3-6H,1-2H3,(H,12,13). The summed E-state index contributed by atoms with van der Waals surface area (Å²) in [6.45, 7) is 1.96. The summed E-state index contributed by atoms with van der Waals surface area (Å²) in [5, 5.41) is 15.6. The number of hydrogen-bond acceptors (Lipinski definition) is 5. The third kappa shape index (κ3) is 2.26. The smallest absolute Gasteiger partial charge is 0.275 e. The zero-order chi connectivity index (χ0) is 12.4. The number of nitrogens with zero attached hydrogens (tertiary/aromatic N) is 2. The van der Waals surface area contributed by atoms with Gasteiger partial charge in [0.15, 0.2) is 0 Å². The second-order valence-electron chi connectivity index (χ2n) is 3.54. The summed E-state index contributed by atoms with van der Waals surface area (Å²) >= 11 is 1.53. The first kappa shape index (κ1) is 11.5. The highest BCUT2D eigenvalue weighted by atomic mass is 32.1. The molecule has 0 fully saturated rings. The summed E-state index contributed by atoms with van der Waals surface area (Å²) in [7, 11) is 1.69. The largest absolute Gasteiger partial charge is 0.373 e. The number of nitro groups is 1. The molecule has 2 heterocycles. The molecule has 0 aromatic carbocycles. The molecule has 0 saturated heterocycles. The Morgan fingerprint density at radius 1 is 1.47 bits per heavy atom. The van der Waals surface area contributed by atoms with Crippen LogP contribution in [0.3, 0.4) is 0 Å². The highest BCUT2D eigenvalue weighted by Crippen LogP contribution is 2.31. The van der Waals surface area contributed by atoms with Gasteiger partial charge in [-0.3, -0.25) is 10.1 Å². The molecule has 0 bridgehead atoms. The van der Waals surface area contributed by atoms with Gasteiger partial charge in [0, 0.05) is 13.1 Å². The topological polar surface area (TPSA) is 68.1 Å². The van der Waals surface area contributed by atoms with E-state index >= 15 is 0 Å². The Kier molecular flexibility index (Phi) is 3.06. The molecule has 2 aromatic rings. The van der Waals surface area contributed by atoms with E-state index in [1.807, 2.05) is 18.4 Å². The number of nitrogens with one attached hydrogen (secondary N) is 1. The molecular weight excluding hydrogens is 238 g/mol. The molecule has 0 unspecified atom stereocenters. The van der Waals surface area contributed by atoms with E-state index in [9.17, 15) is 10.1 Å². The van der Waals surface area contributed by atoms with Crippen LogP contribution < -0.4 is 5.32 Å². The molecule has 2 aromatic heterocycles. The van der Waals surface area contributed by atoms with Crippen LogP contribution >= 0.6 is 11.3 Å². The first-order chi connectivity index (χ1) is 8.11. The van der Waals surface area contributed by atoms with Crippen molar-refractivity contribution in [2.75, 3.05) is 12.4 Å². The lowest BCUT2D eigenvalue weighted by Crippen LogP contribution is -1.97. The van der Waals surface area contributed by atoms with Gasteiger partial charge in [-0.05, 0) is 23.9 Å². The molecule has 2 rings (SSSR count). The van der Waals surface area contributed by atoms with E-state index in [0.717, 1.165) is 10.4 Å². The number of rotatable bonds is 3. The highest BCUT2D eigenvalue weighted by Gasteiger charge is 2.13. The van der Waals surface area contributed by atoms with E-state index in [0.29, 0.717) is 11.5 Å². The van der Waals surface area contributed by atoms with Crippen LogP contribution in [-0.2, 0) is 0 Å². The van der Waals surface area contributed by atoms with Crippen LogP contribution in [0.25, 0.3) is 10.6 Å². The number of aromatic nitrogens is 1. The van der Waals surface area contributed by atoms with Gasteiger partial charge < -0.3 is 5.32 Å². The van der Waals surface area contributed by atoms with Crippen LogP contribution in [-0.4, -0.2) is 17.0 Å². The fourth-order valence-electron chi connectivity index (χ4n) is 1.50. The minimum atomic E-state index is -0.408. The van der Waals surface area contributed by atoms with Gasteiger partial charge in [0.05, 0.1) is 21.6 Å². The Morgan fingerprint density at radius 2 is 2.24 bits per heavy atom. The zero-order valence-electron chi connectivity index (χ0n) is 9.43. The molecule has 0 aliphatic carbocycles. The van der Waals surface area contributed by atoms with E-state index in [-0.39, 0.29) is 5.69 Å². The van der Waals surface area contributed by atoms with Crippen molar-refractivity contribution in [3.05, 3.63) is 39.3 Å². The number of aryl methyl sites for hydroxylation is 1. The molecule has 88 valence electrons. The maximum Gasteiger partial charge on any atom is 0.275 e. The number of thiophene rings is 1. The van der Waals surface area contributed by atoms with E-state index in [2.05, 4.69) is 10.3 Å². The SMILES string of the molecule is CNc1cc([N+](=O)[O-])cc(-c2sccc2C)n1. The molecule has 0 aliphatic rings. The molecule has 0 amide bonds. The minimum absolute atomic E-state index is 0.0483. The Hall–Kier alpha value is -1.95. The summed E-state index contributed by atoms with van der Waals surface area (Å²) in [6, 6.07) is 4.89. The van der Waals surface area contributed by atoms with Crippen molar-refractivity contribution in [1.29, 1.82) is 0 Å². The van der Waals surface area contributed by atoms with Gasteiger partial charge in [0.2, 0.25) is 0 Å². The lowest BCUT2D eigenvalue weighted by atomic mass is 10.2. The van der Waals surface area contributed by atoms with Gasteiger partial charge in [-0.25, -0.2) is 4.98 Å². The molecule has 6 heteroatoms. The Labute approximate surface area is 102 Å². The third-order valence-electron chi connectivity index (χ3n) is 2.37. The number of anilines is 1. The fraction of sp³-hybridized carbons (Fsp3) is 0.182. The van der Waals surface area contributed by atoms with Gasteiger partial charge in [-0.1, -0.05) is 0 Å². The third-order valence-corrected chi connectivity index (χ3v) is 3.41. The Bertz CT molecular complexity index is 566. The minimum Gasteiger partial charge on any atom is -0.373 e. The fourth-order valence-corrected chi connectivity index (χ4v) is 2.39. The summed E-state index contributed by atoms with van der Waals surface area (Å²) in [5.41, 5.74) is 1.76. The Balaban J connectivity index is 2.58. The average Bonchev–Trinajstić information content (AvgIpc) is 2.74. The summed E-state index contributed by atoms with van der Waals surface area (Å²) in [5.74, 6) is 0.502. The van der Waals surface area contributed by atoms with Gasteiger partial charge in [0.1, 0.15) is 5.82 Å². The van der Waals surface area contributed by atoms with Crippen LogP contribution in [0, 0.1) is 17.0 Å². The van der Waals surface area contributed by atoms with Crippen LogP contribution in [0.4, 0.5) is 11.5 Å². The van der Waals surface area contributed by atoms with E-state index in [1.54, 1.807) is 7.05 Å². The van der Waals surface area contributed by atoms with Gasteiger partial charge in [0.25, 0.3) is 5.69 Å². The molecule has 0 atom stereocenters. The average molecular weight is 249 g/mol. The quantitative estimate of drug-likeness (QED) is 0.670.